The van der Waals surface area contributed by atoms with Crippen LogP contribution < -0.4 is 10.7 Å². The fourth-order valence-corrected chi connectivity index (χ4v) is 2.52. The van der Waals surface area contributed by atoms with Gasteiger partial charge in [-0.25, -0.2) is 5.43 Å². The van der Waals surface area contributed by atoms with E-state index in [0.717, 1.165) is 6.07 Å². The molecule has 1 unspecified atom stereocenters. The fraction of sp³-hybridized carbons (Fsp3) is 0.385. The van der Waals surface area contributed by atoms with Crippen molar-refractivity contribution in [2.75, 3.05) is 11.9 Å². The molecule has 1 atom stereocenters. The molecule has 24 heavy (non-hydrogen) atoms. The number of nitro benzene ring substituents is 1. The molecule has 0 radical (unpaired) electrons. The van der Waals surface area contributed by atoms with Gasteiger partial charge >= 0.3 is 6.18 Å². The molecule has 1 aromatic rings. The van der Waals surface area contributed by atoms with Crippen molar-refractivity contribution in [2.45, 2.75) is 19.5 Å². The summed E-state index contributed by atoms with van der Waals surface area (Å²) in [5, 5.41) is 16.8. The van der Waals surface area contributed by atoms with E-state index in [1.165, 1.54) is 0 Å². The van der Waals surface area contributed by atoms with Crippen LogP contribution in [0.5, 0.6) is 0 Å². The van der Waals surface area contributed by atoms with Crippen molar-refractivity contribution < 1.29 is 22.9 Å². The van der Waals surface area contributed by atoms with Crippen LogP contribution in [-0.4, -0.2) is 23.1 Å². The zero-order valence-electron chi connectivity index (χ0n) is 12.3. The molecule has 2 N–H and O–H groups in total. The molecule has 11 heteroatoms. The first-order valence-corrected chi connectivity index (χ1v) is 7.12. The number of hydrogen-bond donors (Lipinski definition) is 2. The number of nitrogens with one attached hydrogen (secondary N) is 2. The van der Waals surface area contributed by atoms with Crippen molar-refractivity contribution in [3.05, 3.63) is 32.8 Å². The molecule has 2 rings (SSSR count). The van der Waals surface area contributed by atoms with Crippen molar-refractivity contribution >= 4 is 34.6 Å². The van der Waals surface area contributed by atoms with E-state index in [-0.39, 0.29) is 24.6 Å². The largest absolute Gasteiger partial charge is 0.418 e. The fourth-order valence-electron chi connectivity index (χ4n) is 2.25. The first-order valence-electron chi connectivity index (χ1n) is 6.74. The molecular formula is C13H12ClF3N4O3. The van der Waals surface area contributed by atoms with Gasteiger partial charge in [-0.05, 0) is 19.4 Å². The van der Waals surface area contributed by atoms with Crippen LogP contribution in [0, 0.1) is 16.0 Å². The number of alkyl halides is 3. The molecule has 1 aliphatic heterocycles. The zero-order chi connectivity index (χ0) is 18.1. The van der Waals surface area contributed by atoms with Gasteiger partial charge in [0.1, 0.15) is 5.69 Å². The van der Waals surface area contributed by atoms with E-state index in [4.69, 9.17) is 11.6 Å². The molecule has 1 aromatic carbocycles. The van der Waals surface area contributed by atoms with Gasteiger partial charge in [0.2, 0.25) is 5.91 Å². The van der Waals surface area contributed by atoms with Crippen molar-refractivity contribution in [3.63, 3.8) is 0 Å². The lowest BCUT2D eigenvalue weighted by Gasteiger charge is -2.13. The van der Waals surface area contributed by atoms with Crippen LogP contribution in [0.2, 0.25) is 5.02 Å². The van der Waals surface area contributed by atoms with Gasteiger partial charge in [-0.15, -0.1) is 0 Å². The van der Waals surface area contributed by atoms with Crippen LogP contribution in [-0.2, 0) is 11.0 Å². The van der Waals surface area contributed by atoms with Crippen molar-refractivity contribution in [3.8, 4) is 0 Å². The third-order valence-electron chi connectivity index (χ3n) is 3.50. The lowest BCUT2D eigenvalue weighted by atomic mass is 10.0. The van der Waals surface area contributed by atoms with Gasteiger partial charge in [-0.3, -0.25) is 14.9 Å². The highest BCUT2D eigenvalue weighted by molar-refractivity contribution is 6.31. The van der Waals surface area contributed by atoms with Gasteiger partial charge in [0.25, 0.3) is 5.69 Å². The Morgan fingerprint density at radius 2 is 2.12 bits per heavy atom. The third-order valence-corrected chi connectivity index (χ3v) is 3.81. The van der Waals surface area contributed by atoms with Crippen molar-refractivity contribution in [2.24, 2.45) is 11.0 Å². The van der Waals surface area contributed by atoms with Crippen LogP contribution >= 0.6 is 11.6 Å². The Balaban J connectivity index is 2.18. The molecule has 0 aromatic heterocycles. The maximum absolute atomic E-state index is 12.8. The molecule has 0 aliphatic carbocycles. The quantitative estimate of drug-likeness (QED) is 0.619. The lowest BCUT2D eigenvalue weighted by molar-refractivity contribution is -0.384. The number of anilines is 1. The molecule has 0 spiro atoms. The summed E-state index contributed by atoms with van der Waals surface area (Å²) in [4.78, 5) is 21.6. The Morgan fingerprint density at radius 3 is 2.62 bits per heavy atom. The van der Waals surface area contributed by atoms with Gasteiger partial charge in [0, 0.05) is 18.3 Å². The lowest BCUT2D eigenvalue weighted by Crippen LogP contribution is -2.24. The minimum absolute atomic E-state index is 0.119. The number of hydrogen-bond acceptors (Lipinski definition) is 5. The summed E-state index contributed by atoms with van der Waals surface area (Å²) in [6, 6.07) is 1.25. The summed E-state index contributed by atoms with van der Waals surface area (Å²) >= 11 is 5.58. The monoisotopic (exact) mass is 364 g/mol. The number of halogens is 4. The molecule has 1 aliphatic rings. The molecule has 130 valence electrons. The second kappa shape index (κ2) is 6.63. The summed E-state index contributed by atoms with van der Waals surface area (Å²) < 4.78 is 38.3. The number of hydrazone groups is 1. The Morgan fingerprint density at radius 1 is 1.46 bits per heavy atom. The maximum atomic E-state index is 12.8. The number of amides is 1. The molecule has 0 fully saturated rings. The molecule has 0 bridgehead atoms. The molecule has 1 amide bonds. The van der Waals surface area contributed by atoms with Crippen molar-refractivity contribution in [1.29, 1.82) is 0 Å². The predicted molar refractivity (Wildman–Crippen MR) is 81.0 cm³/mol. The normalized spacial score (nSPS) is 17.5. The molecule has 7 nitrogen and oxygen atoms in total. The maximum Gasteiger partial charge on any atom is 0.418 e. The Labute approximate surface area is 139 Å². The van der Waals surface area contributed by atoms with Crippen LogP contribution in [0.1, 0.15) is 18.9 Å². The van der Waals surface area contributed by atoms with Gasteiger partial charge in [-0.1, -0.05) is 11.6 Å². The number of rotatable bonds is 5. The van der Waals surface area contributed by atoms with Gasteiger partial charge in [0.15, 0.2) is 0 Å². The number of benzene rings is 1. The summed E-state index contributed by atoms with van der Waals surface area (Å²) in [5.41, 5.74) is 0.701. The number of carbonyl (C=O) groups is 1. The smallest absolute Gasteiger partial charge is 0.379 e. The van der Waals surface area contributed by atoms with E-state index in [1.807, 2.05) is 0 Å². The first-order chi connectivity index (χ1) is 11.1. The minimum atomic E-state index is -4.80. The topological polar surface area (TPSA) is 96.6 Å². The van der Waals surface area contributed by atoms with Crippen LogP contribution in [0.15, 0.2) is 17.2 Å². The van der Waals surface area contributed by atoms with E-state index >= 15 is 0 Å². The van der Waals surface area contributed by atoms with Gasteiger partial charge in [-0.2, -0.15) is 18.3 Å². The average molecular weight is 365 g/mol. The molecular weight excluding hydrogens is 353 g/mol. The van der Waals surface area contributed by atoms with E-state index in [1.54, 1.807) is 6.92 Å². The minimum Gasteiger partial charge on any atom is -0.379 e. The molecule has 1 heterocycles. The number of carbonyl (C=O) groups excluding carboxylic acids is 1. The Bertz CT molecular complexity index is 721. The van der Waals surface area contributed by atoms with Gasteiger partial charge < -0.3 is 5.32 Å². The van der Waals surface area contributed by atoms with Crippen LogP contribution in [0.25, 0.3) is 0 Å². The molecule has 0 saturated carbocycles. The SMILES string of the molecule is CC1=NNC(=O)C1CCNc1cc(Cl)c(C(F)(F)F)cc1[N+](=O)[O-]. The number of nitro groups is 1. The van der Waals surface area contributed by atoms with E-state index in [9.17, 15) is 28.1 Å². The van der Waals surface area contributed by atoms with Gasteiger partial charge in [0.05, 0.1) is 21.4 Å². The average Bonchev–Trinajstić information content (AvgIpc) is 2.77. The van der Waals surface area contributed by atoms with Crippen LogP contribution in [0.3, 0.4) is 0 Å². The highest BCUT2D eigenvalue weighted by Gasteiger charge is 2.36. The zero-order valence-corrected chi connectivity index (χ0v) is 13.0. The van der Waals surface area contributed by atoms with Crippen LogP contribution in [0.4, 0.5) is 24.5 Å². The third kappa shape index (κ3) is 3.75. The van der Waals surface area contributed by atoms with E-state index in [0.29, 0.717) is 11.8 Å². The standard InChI is InChI=1S/C13H12ClF3N4O3/c1-6-7(12(22)20-19-6)2-3-18-10-5-9(14)8(13(15,16)17)4-11(10)21(23)24/h4-5,7,18H,2-3H2,1H3,(H,20,22). The molecule has 0 saturated heterocycles. The van der Waals surface area contributed by atoms with E-state index in [2.05, 4.69) is 15.8 Å². The Hall–Kier alpha value is -2.36. The first kappa shape index (κ1) is 18.0. The van der Waals surface area contributed by atoms with E-state index < -0.39 is 33.3 Å². The number of nitrogens with zero attached hydrogens (tertiary/aromatic N) is 2. The summed E-state index contributed by atoms with van der Waals surface area (Å²) in [6.07, 6.45) is -4.52. The second-order valence-corrected chi connectivity index (χ2v) is 5.51. The summed E-state index contributed by atoms with van der Waals surface area (Å²) in [5.74, 6) is -0.782. The Kier molecular flexibility index (Phi) is 4.97. The van der Waals surface area contributed by atoms with Crippen molar-refractivity contribution in [1.82, 2.24) is 5.43 Å². The summed E-state index contributed by atoms with van der Waals surface area (Å²) in [7, 11) is 0. The predicted octanol–water partition coefficient (Wildman–Crippen LogP) is 3.19. The highest BCUT2D eigenvalue weighted by atomic mass is 35.5. The second-order valence-electron chi connectivity index (χ2n) is 5.10. The highest BCUT2D eigenvalue weighted by Crippen LogP contribution is 2.40. The summed E-state index contributed by atoms with van der Waals surface area (Å²) in [6.45, 7) is 1.77.